The molecule has 1 heterocycles. The number of hydrogen-bond donors (Lipinski definition) is 0. The largest absolute Gasteiger partial charge is 0.481 e. The van der Waals surface area contributed by atoms with Crippen molar-refractivity contribution in [1.82, 2.24) is 9.97 Å². The van der Waals surface area contributed by atoms with Gasteiger partial charge < -0.3 is 9.64 Å². The van der Waals surface area contributed by atoms with Crippen LogP contribution >= 0.6 is 0 Å². The molecule has 18 heavy (non-hydrogen) atoms. The standard InChI is InChI=1S/C14H25N3O/c1-5-7-9-17(10-8-6-2)14-15-12(3)11-13(16-14)18-4/h11H,5-10H2,1-4H3. The molecule has 0 aliphatic carbocycles. The lowest BCUT2D eigenvalue weighted by Gasteiger charge is -2.22. The third-order valence-electron chi connectivity index (χ3n) is 2.87. The molecule has 0 amide bonds. The fraction of sp³-hybridized carbons (Fsp3) is 0.714. The number of aryl methyl sites for hydroxylation is 1. The molecule has 0 spiro atoms. The monoisotopic (exact) mass is 251 g/mol. The molecule has 1 rings (SSSR count). The first-order chi connectivity index (χ1) is 8.71. The maximum atomic E-state index is 5.22. The molecule has 0 bridgehead atoms. The smallest absolute Gasteiger partial charge is 0.228 e. The fourth-order valence-electron chi connectivity index (χ4n) is 1.78. The minimum atomic E-state index is 0.649. The van der Waals surface area contributed by atoms with Gasteiger partial charge in [-0.3, -0.25) is 0 Å². The van der Waals surface area contributed by atoms with Gasteiger partial charge in [-0.1, -0.05) is 26.7 Å². The molecule has 0 aliphatic heterocycles. The molecule has 0 atom stereocenters. The zero-order valence-corrected chi connectivity index (χ0v) is 12.1. The summed E-state index contributed by atoms with van der Waals surface area (Å²) in [7, 11) is 1.65. The maximum absolute atomic E-state index is 5.22. The first-order valence-electron chi connectivity index (χ1n) is 6.85. The number of ether oxygens (including phenoxy) is 1. The number of rotatable bonds is 8. The second-order valence-electron chi connectivity index (χ2n) is 4.55. The average Bonchev–Trinajstić information content (AvgIpc) is 2.38. The Hall–Kier alpha value is -1.32. The summed E-state index contributed by atoms with van der Waals surface area (Å²) in [6.07, 6.45) is 4.71. The summed E-state index contributed by atoms with van der Waals surface area (Å²) in [5.41, 5.74) is 0.954. The van der Waals surface area contributed by atoms with Crippen molar-refractivity contribution in [2.75, 3.05) is 25.1 Å². The molecular formula is C14H25N3O. The van der Waals surface area contributed by atoms with Crippen molar-refractivity contribution in [1.29, 1.82) is 0 Å². The van der Waals surface area contributed by atoms with E-state index in [9.17, 15) is 0 Å². The highest BCUT2D eigenvalue weighted by Gasteiger charge is 2.10. The van der Waals surface area contributed by atoms with Crippen molar-refractivity contribution in [2.24, 2.45) is 0 Å². The van der Waals surface area contributed by atoms with Crippen LogP contribution in [0.25, 0.3) is 0 Å². The van der Waals surface area contributed by atoms with E-state index < -0.39 is 0 Å². The molecule has 1 aromatic rings. The lowest BCUT2D eigenvalue weighted by atomic mass is 10.3. The average molecular weight is 251 g/mol. The van der Waals surface area contributed by atoms with Crippen LogP contribution in [-0.4, -0.2) is 30.2 Å². The molecule has 0 saturated heterocycles. The van der Waals surface area contributed by atoms with E-state index in [2.05, 4.69) is 28.7 Å². The lowest BCUT2D eigenvalue weighted by molar-refractivity contribution is 0.396. The molecule has 0 radical (unpaired) electrons. The third-order valence-corrected chi connectivity index (χ3v) is 2.87. The zero-order chi connectivity index (χ0) is 13.4. The van der Waals surface area contributed by atoms with Gasteiger partial charge in [-0.25, -0.2) is 4.98 Å². The Morgan fingerprint density at radius 2 is 1.72 bits per heavy atom. The molecule has 0 aromatic carbocycles. The van der Waals surface area contributed by atoms with Crippen LogP contribution in [0.3, 0.4) is 0 Å². The molecule has 0 unspecified atom stereocenters. The molecule has 102 valence electrons. The lowest BCUT2D eigenvalue weighted by Crippen LogP contribution is -2.27. The molecule has 0 aliphatic rings. The van der Waals surface area contributed by atoms with Crippen LogP contribution in [0.1, 0.15) is 45.2 Å². The normalized spacial score (nSPS) is 10.4. The SMILES string of the molecule is CCCCN(CCCC)c1nc(C)cc(OC)n1. The highest BCUT2D eigenvalue weighted by atomic mass is 16.5. The van der Waals surface area contributed by atoms with Gasteiger partial charge in [0.1, 0.15) is 0 Å². The molecule has 4 heteroatoms. The van der Waals surface area contributed by atoms with Gasteiger partial charge in [-0.2, -0.15) is 4.98 Å². The molecule has 0 saturated carbocycles. The van der Waals surface area contributed by atoms with Crippen LogP contribution in [0.4, 0.5) is 5.95 Å². The van der Waals surface area contributed by atoms with Gasteiger partial charge in [0.2, 0.25) is 11.8 Å². The Bertz CT molecular complexity index is 347. The minimum Gasteiger partial charge on any atom is -0.481 e. The highest BCUT2D eigenvalue weighted by Crippen LogP contribution is 2.16. The van der Waals surface area contributed by atoms with Crippen LogP contribution in [0.15, 0.2) is 6.07 Å². The Labute approximate surface area is 110 Å². The van der Waals surface area contributed by atoms with Crippen molar-refractivity contribution in [2.45, 2.75) is 46.5 Å². The first-order valence-corrected chi connectivity index (χ1v) is 6.85. The van der Waals surface area contributed by atoms with Crippen molar-refractivity contribution >= 4 is 5.95 Å². The fourth-order valence-corrected chi connectivity index (χ4v) is 1.78. The number of anilines is 1. The quantitative estimate of drug-likeness (QED) is 0.711. The number of methoxy groups -OCH3 is 1. The van der Waals surface area contributed by atoms with E-state index in [1.807, 2.05) is 13.0 Å². The van der Waals surface area contributed by atoms with Crippen molar-refractivity contribution < 1.29 is 4.74 Å². The summed E-state index contributed by atoms with van der Waals surface area (Å²) in [6.45, 7) is 8.42. The molecular weight excluding hydrogens is 226 g/mol. The second kappa shape index (κ2) is 7.90. The summed E-state index contributed by atoms with van der Waals surface area (Å²) in [5, 5.41) is 0. The van der Waals surface area contributed by atoms with Crippen LogP contribution in [0.5, 0.6) is 5.88 Å². The van der Waals surface area contributed by atoms with Crippen molar-refractivity contribution in [3.8, 4) is 5.88 Å². The predicted molar refractivity (Wildman–Crippen MR) is 75.4 cm³/mol. The van der Waals surface area contributed by atoms with Crippen molar-refractivity contribution in [3.63, 3.8) is 0 Å². The van der Waals surface area contributed by atoms with Crippen LogP contribution in [-0.2, 0) is 0 Å². The number of hydrogen-bond acceptors (Lipinski definition) is 4. The van der Waals surface area contributed by atoms with Gasteiger partial charge in [-0.05, 0) is 19.8 Å². The molecule has 1 aromatic heterocycles. The van der Waals surface area contributed by atoms with E-state index >= 15 is 0 Å². The van der Waals surface area contributed by atoms with Gasteiger partial charge in [-0.15, -0.1) is 0 Å². The van der Waals surface area contributed by atoms with Gasteiger partial charge in [0.25, 0.3) is 0 Å². The zero-order valence-electron chi connectivity index (χ0n) is 12.1. The van der Waals surface area contributed by atoms with Gasteiger partial charge in [0.15, 0.2) is 0 Å². The van der Waals surface area contributed by atoms with Gasteiger partial charge in [0.05, 0.1) is 7.11 Å². The van der Waals surface area contributed by atoms with E-state index in [4.69, 9.17) is 4.74 Å². The van der Waals surface area contributed by atoms with E-state index in [0.29, 0.717) is 5.88 Å². The van der Waals surface area contributed by atoms with E-state index in [1.54, 1.807) is 7.11 Å². The summed E-state index contributed by atoms with van der Waals surface area (Å²) >= 11 is 0. The molecule has 0 fully saturated rings. The van der Waals surface area contributed by atoms with Crippen LogP contribution in [0.2, 0.25) is 0 Å². The van der Waals surface area contributed by atoms with E-state index in [-0.39, 0.29) is 0 Å². The second-order valence-corrected chi connectivity index (χ2v) is 4.55. The Morgan fingerprint density at radius 1 is 1.11 bits per heavy atom. The van der Waals surface area contributed by atoms with Crippen LogP contribution < -0.4 is 9.64 Å². The summed E-state index contributed by atoms with van der Waals surface area (Å²) in [5.74, 6) is 1.45. The number of unbranched alkanes of at least 4 members (excludes halogenated alkanes) is 2. The summed E-state index contributed by atoms with van der Waals surface area (Å²) in [4.78, 5) is 11.2. The number of nitrogens with zero attached hydrogens (tertiary/aromatic N) is 3. The van der Waals surface area contributed by atoms with Gasteiger partial charge >= 0.3 is 0 Å². The summed E-state index contributed by atoms with van der Waals surface area (Å²) < 4.78 is 5.22. The van der Waals surface area contributed by atoms with Gasteiger partial charge in [0, 0.05) is 24.8 Å². The van der Waals surface area contributed by atoms with E-state index in [1.165, 1.54) is 25.7 Å². The Balaban J connectivity index is 2.84. The van der Waals surface area contributed by atoms with E-state index in [0.717, 1.165) is 24.7 Å². The van der Waals surface area contributed by atoms with Crippen molar-refractivity contribution in [3.05, 3.63) is 11.8 Å². The minimum absolute atomic E-state index is 0.649. The maximum Gasteiger partial charge on any atom is 0.228 e. The Morgan fingerprint density at radius 3 is 2.22 bits per heavy atom. The third kappa shape index (κ3) is 4.51. The van der Waals surface area contributed by atoms with Crippen LogP contribution in [0, 0.1) is 6.92 Å². The predicted octanol–water partition coefficient (Wildman–Crippen LogP) is 3.20. The highest BCUT2D eigenvalue weighted by molar-refractivity contribution is 5.34. The molecule has 4 nitrogen and oxygen atoms in total. The number of aromatic nitrogens is 2. The summed E-state index contributed by atoms with van der Waals surface area (Å²) in [6, 6.07) is 1.86. The molecule has 0 N–H and O–H groups in total. The topological polar surface area (TPSA) is 38.2 Å². The Kier molecular flexibility index (Phi) is 6.47. The first kappa shape index (κ1) is 14.7.